The van der Waals surface area contributed by atoms with E-state index in [-0.39, 0.29) is 16.6 Å². The fourth-order valence-corrected chi connectivity index (χ4v) is 2.13. The number of hydrogen-bond acceptors (Lipinski definition) is 3. The van der Waals surface area contributed by atoms with Gasteiger partial charge in [0.2, 0.25) is 5.28 Å². The van der Waals surface area contributed by atoms with E-state index in [1.807, 2.05) is 0 Å². The van der Waals surface area contributed by atoms with Crippen molar-refractivity contribution in [3.05, 3.63) is 17.3 Å². The molecule has 3 nitrogen and oxygen atoms in total. The SMILES string of the molecule is CC1(Nc2nc(Cl)ncc2F)CCCC1. The highest BCUT2D eigenvalue weighted by Gasteiger charge is 2.29. The summed E-state index contributed by atoms with van der Waals surface area (Å²) in [5.41, 5.74) is -0.0570. The summed E-state index contributed by atoms with van der Waals surface area (Å²) < 4.78 is 13.3. The van der Waals surface area contributed by atoms with Gasteiger partial charge in [-0.2, -0.15) is 4.98 Å². The van der Waals surface area contributed by atoms with Crippen LogP contribution in [0.25, 0.3) is 0 Å². The third-order valence-electron chi connectivity index (χ3n) is 2.84. The van der Waals surface area contributed by atoms with E-state index in [1.165, 1.54) is 12.8 Å². The van der Waals surface area contributed by atoms with E-state index >= 15 is 0 Å². The van der Waals surface area contributed by atoms with E-state index in [1.54, 1.807) is 0 Å². The molecule has 1 aromatic heterocycles. The molecule has 15 heavy (non-hydrogen) atoms. The average molecular weight is 230 g/mol. The van der Waals surface area contributed by atoms with Crippen LogP contribution in [0.2, 0.25) is 5.28 Å². The van der Waals surface area contributed by atoms with Gasteiger partial charge in [-0.1, -0.05) is 12.8 Å². The lowest BCUT2D eigenvalue weighted by molar-refractivity contribution is 0.519. The number of nitrogens with one attached hydrogen (secondary N) is 1. The van der Waals surface area contributed by atoms with Gasteiger partial charge < -0.3 is 5.32 Å². The molecule has 1 aliphatic carbocycles. The van der Waals surface area contributed by atoms with E-state index < -0.39 is 5.82 Å². The van der Waals surface area contributed by atoms with E-state index in [9.17, 15) is 4.39 Å². The van der Waals surface area contributed by atoms with Gasteiger partial charge in [-0.25, -0.2) is 9.37 Å². The number of hydrogen-bond donors (Lipinski definition) is 1. The predicted molar refractivity (Wildman–Crippen MR) is 57.5 cm³/mol. The van der Waals surface area contributed by atoms with Gasteiger partial charge in [-0.05, 0) is 31.4 Å². The van der Waals surface area contributed by atoms with Crippen LogP contribution in [-0.2, 0) is 0 Å². The number of aromatic nitrogens is 2. The third kappa shape index (κ3) is 2.37. The topological polar surface area (TPSA) is 37.8 Å². The second-order valence-corrected chi connectivity index (χ2v) is 4.57. The van der Waals surface area contributed by atoms with E-state index in [0.29, 0.717) is 0 Å². The standard InChI is InChI=1S/C10H13ClFN3/c1-10(4-2-3-5-10)15-8-7(12)6-13-9(11)14-8/h6H,2-5H2,1H3,(H,13,14,15). The molecule has 82 valence electrons. The van der Waals surface area contributed by atoms with Crippen molar-refractivity contribution in [3.63, 3.8) is 0 Å². The van der Waals surface area contributed by atoms with Crippen molar-refractivity contribution in [3.8, 4) is 0 Å². The number of rotatable bonds is 2. The Hall–Kier alpha value is -0.900. The van der Waals surface area contributed by atoms with Gasteiger partial charge in [0.1, 0.15) is 0 Å². The zero-order valence-electron chi connectivity index (χ0n) is 8.56. The smallest absolute Gasteiger partial charge is 0.224 e. The molecule has 0 saturated heterocycles. The summed E-state index contributed by atoms with van der Waals surface area (Å²) in [7, 11) is 0. The highest BCUT2D eigenvalue weighted by Crippen LogP contribution is 2.32. The molecule has 0 unspecified atom stereocenters. The van der Waals surface area contributed by atoms with Gasteiger partial charge in [-0.3, -0.25) is 0 Å². The van der Waals surface area contributed by atoms with Crippen LogP contribution >= 0.6 is 11.6 Å². The maximum Gasteiger partial charge on any atom is 0.224 e. The Labute approximate surface area is 93.1 Å². The molecule has 1 fully saturated rings. The second-order valence-electron chi connectivity index (χ2n) is 4.23. The third-order valence-corrected chi connectivity index (χ3v) is 3.02. The van der Waals surface area contributed by atoms with Crippen LogP contribution in [-0.4, -0.2) is 15.5 Å². The maximum absolute atomic E-state index is 13.3. The van der Waals surface area contributed by atoms with Crippen LogP contribution in [0.1, 0.15) is 32.6 Å². The Morgan fingerprint density at radius 1 is 1.47 bits per heavy atom. The van der Waals surface area contributed by atoms with Crippen molar-refractivity contribution in [1.29, 1.82) is 0 Å². The quantitative estimate of drug-likeness (QED) is 0.793. The number of anilines is 1. The average Bonchev–Trinajstić information content (AvgIpc) is 2.59. The van der Waals surface area contributed by atoms with Gasteiger partial charge in [0.05, 0.1) is 6.20 Å². The van der Waals surface area contributed by atoms with Gasteiger partial charge >= 0.3 is 0 Å². The lowest BCUT2D eigenvalue weighted by Gasteiger charge is -2.25. The summed E-state index contributed by atoms with van der Waals surface area (Å²) in [4.78, 5) is 7.43. The van der Waals surface area contributed by atoms with Crippen LogP contribution in [0.15, 0.2) is 6.20 Å². The Balaban J connectivity index is 2.19. The summed E-state index contributed by atoms with van der Waals surface area (Å²) >= 11 is 5.62. The minimum atomic E-state index is -0.451. The number of nitrogens with zero attached hydrogens (tertiary/aromatic N) is 2. The van der Waals surface area contributed by atoms with E-state index in [0.717, 1.165) is 19.0 Å². The summed E-state index contributed by atoms with van der Waals surface area (Å²) in [6.07, 6.45) is 5.51. The summed E-state index contributed by atoms with van der Waals surface area (Å²) in [6, 6.07) is 0. The molecule has 1 heterocycles. The van der Waals surface area contributed by atoms with Crippen molar-refractivity contribution in [2.45, 2.75) is 38.1 Å². The molecule has 0 radical (unpaired) electrons. The monoisotopic (exact) mass is 229 g/mol. The lowest BCUT2D eigenvalue weighted by Crippen LogP contribution is -2.31. The molecule has 0 bridgehead atoms. The first-order chi connectivity index (χ1) is 7.09. The molecule has 1 N–H and O–H groups in total. The molecule has 2 rings (SSSR count). The van der Waals surface area contributed by atoms with Crippen molar-refractivity contribution in [1.82, 2.24) is 9.97 Å². The Morgan fingerprint density at radius 3 is 2.80 bits per heavy atom. The number of halogens is 2. The lowest BCUT2D eigenvalue weighted by atomic mass is 10.0. The normalized spacial score (nSPS) is 19.1. The first-order valence-corrected chi connectivity index (χ1v) is 5.43. The molecule has 0 aromatic carbocycles. The van der Waals surface area contributed by atoms with Crippen LogP contribution in [0.3, 0.4) is 0 Å². The first-order valence-electron chi connectivity index (χ1n) is 5.05. The molecule has 1 saturated carbocycles. The summed E-state index contributed by atoms with van der Waals surface area (Å²) in [6.45, 7) is 2.08. The Kier molecular flexibility index (Phi) is 2.78. The molecular weight excluding hydrogens is 217 g/mol. The van der Waals surface area contributed by atoms with E-state index in [4.69, 9.17) is 11.6 Å². The summed E-state index contributed by atoms with van der Waals surface area (Å²) in [5, 5.41) is 3.19. The van der Waals surface area contributed by atoms with E-state index in [2.05, 4.69) is 22.2 Å². The molecule has 0 atom stereocenters. The minimum Gasteiger partial charge on any atom is -0.362 e. The van der Waals surface area contributed by atoms with Crippen LogP contribution in [0, 0.1) is 5.82 Å². The van der Waals surface area contributed by atoms with Crippen LogP contribution in [0.4, 0.5) is 10.2 Å². The van der Waals surface area contributed by atoms with Crippen LogP contribution in [0.5, 0.6) is 0 Å². The minimum absolute atomic E-state index is 0.0570. The highest BCUT2D eigenvalue weighted by molar-refractivity contribution is 6.28. The molecular formula is C10H13ClFN3. The highest BCUT2D eigenvalue weighted by atomic mass is 35.5. The molecule has 5 heteroatoms. The van der Waals surface area contributed by atoms with Crippen molar-refractivity contribution < 1.29 is 4.39 Å². The van der Waals surface area contributed by atoms with Crippen molar-refractivity contribution in [2.75, 3.05) is 5.32 Å². The molecule has 1 aromatic rings. The largest absolute Gasteiger partial charge is 0.362 e. The molecule has 1 aliphatic rings. The maximum atomic E-state index is 13.3. The van der Waals surface area contributed by atoms with Gasteiger partial charge in [0, 0.05) is 5.54 Å². The predicted octanol–water partition coefficient (Wildman–Crippen LogP) is 3.01. The van der Waals surface area contributed by atoms with Crippen molar-refractivity contribution >= 4 is 17.4 Å². The molecule has 0 aliphatic heterocycles. The Bertz CT molecular complexity index is 364. The van der Waals surface area contributed by atoms with Gasteiger partial charge in [0.15, 0.2) is 11.6 Å². The van der Waals surface area contributed by atoms with Gasteiger partial charge in [-0.15, -0.1) is 0 Å². The van der Waals surface area contributed by atoms with Crippen LogP contribution < -0.4 is 5.32 Å². The molecule has 0 amide bonds. The van der Waals surface area contributed by atoms with Crippen molar-refractivity contribution in [2.24, 2.45) is 0 Å². The zero-order valence-corrected chi connectivity index (χ0v) is 9.31. The second kappa shape index (κ2) is 3.93. The Morgan fingerprint density at radius 2 is 2.13 bits per heavy atom. The molecule has 0 spiro atoms. The zero-order chi connectivity index (χ0) is 10.9. The first kappa shape index (κ1) is 10.6. The summed E-state index contributed by atoms with van der Waals surface area (Å²) in [5.74, 6) is -0.244. The fraction of sp³-hybridized carbons (Fsp3) is 0.600. The fourth-order valence-electron chi connectivity index (χ4n) is 2.00. The van der Waals surface area contributed by atoms with Gasteiger partial charge in [0.25, 0.3) is 0 Å².